The fraction of sp³-hybridized carbons (Fsp3) is 0.923. The summed E-state index contributed by atoms with van der Waals surface area (Å²) in [7, 11) is 4.00. The van der Waals surface area contributed by atoms with E-state index in [1.54, 1.807) is 0 Å². The SMILES string of the molecule is CCCOCCN(C)C(=O)C1CCN(C)CC1. The smallest absolute Gasteiger partial charge is 0.225 e. The Morgan fingerprint density at radius 3 is 2.59 bits per heavy atom. The van der Waals surface area contributed by atoms with Gasteiger partial charge in [0.2, 0.25) is 5.91 Å². The topological polar surface area (TPSA) is 32.8 Å². The van der Waals surface area contributed by atoms with E-state index < -0.39 is 0 Å². The Kier molecular flexibility index (Phi) is 6.52. The first kappa shape index (κ1) is 14.5. The van der Waals surface area contributed by atoms with E-state index in [9.17, 15) is 4.79 Å². The molecule has 0 bridgehead atoms. The predicted molar refractivity (Wildman–Crippen MR) is 69.0 cm³/mol. The number of ether oxygens (including phenoxy) is 1. The van der Waals surface area contributed by atoms with Crippen LogP contribution in [0.3, 0.4) is 0 Å². The highest BCUT2D eigenvalue weighted by atomic mass is 16.5. The third kappa shape index (κ3) is 5.04. The average molecular weight is 242 g/mol. The first-order valence-electron chi connectivity index (χ1n) is 6.66. The molecule has 0 saturated carbocycles. The largest absolute Gasteiger partial charge is 0.380 e. The summed E-state index contributed by atoms with van der Waals surface area (Å²) in [6, 6.07) is 0. The molecule has 1 rings (SSSR count). The first-order chi connectivity index (χ1) is 8.15. The quantitative estimate of drug-likeness (QED) is 0.656. The van der Waals surface area contributed by atoms with Crippen molar-refractivity contribution in [3.05, 3.63) is 0 Å². The molecule has 0 radical (unpaired) electrons. The maximum Gasteiger partial charge on any atom is 0.225 e. The van der Waals surface area contributed by atoms with Crippen LogP contribution in [0.15, 0.2) is 0 Å². The lowest BCUT2D eigenvalue weighted by Crippen LogP contribution is -2.40. The number of likely N-dealkylation sites (N-methyl/N-ethyl adjacent to an activating group) is 1. The number of nitrogens with zero attached hydrogens (tertiary/aromatic N) is 2. The highest BCUT2D eigenvalue weighted by Crippen LogP contribution is 2.17. The number of amides is 1. The lowest BCUT2D eigenvalue weighted by molar-refractivity contribution is -0.136. The molecule has 1 saturated heterocycles. The van der Waals surface area contributed by atoms with E-state index in [1.807, 2.05) is 11.9 Å². The van der Waals surface area contributed by atoms with Crippen molar-refractivity contribution in [2.45, 2.75) is 26.2 Å². The Labute approximate surface area is 105 Å². The summed E-state index contributed by atoms with van der Waals surface area (Å²) in [4.78, 5) is 16.2. The van der Waals surface area contributed by atoms with Crippen LogP contribution in [0, 0.1) is 5.92 Å². The highest BCUT2D eigenvalue weighted by Gasteiger charge is 2.25. The molecule has 0 aromatic carbocycles. The van der Waals surface area contributed by atoms with Gasteiger partial charge in [0, 0.05) is 26.1 Å². The lowest BCUT2D eigenvalue weighted by Gasteiger charge is -2.30. The lowest BCUT2D eigenvalue weighted by atomic mass is 9.96. The molecule has 1 fully saturated rings. The Balaban J connectivity index is 2.21. The fourth-order valence-electron chi connectivity index (χ4n) is 2.13. The van der Waals surface area contributed by atoms with E-state index in [4.69, 9.17) is 4.74 Å². The molecule has 0 spiro atoms. The number of carbonyl (C=O) groups excluding carboxylic acids is 1. The van der Waals surface area contributed by atoms with E-state index >= 15 is 0 Å². The van der Waals surface area contributed by atoms with Crippen LogP contribution in [-0.4, -0.2) is 62.7 Å². The Bertz CT molecular complexity index is 225. The van der Waals surface area contributed by atoms with Crippen LogP contribution in [0.25, 0.3) is 0 Å². The minimum Gasteiger partial charge on any atom is -0.380 e. The molecule has 0 aromatic rings. The van der Waals surface area contributed by atoms with Gasteiger partial charge in [0.15, 0.2) is 0 Å². The van der Waals surface area contributed by atoms with Crippen molar-refractivity contribution in [3.63, 3.8) is 0 Å². The molecule has 4 nitrogen and oxygen atoms in total. The molecule has 1 amide bonds. The van der Waals surface area contributed by atoms with Gasteiger partial charge in [0.25, 0.3) is 0 Å². The van der Waals surface area contributed by atoms with Gasteiger partial charge in [0.1, 0.15) is 0 Å². The average Bonchev–Trinajstić information content (AvgIpc) is 2.34. The van der Waals surface area contributed by atoms with Gasteiger partial charge < -0.3 is 14.5 Å². The molecule has 100 valence electrons. The Hall–Kier alpha value is -0.610. The maximum absolute atomic E-state index is 12.1. The van der Waals surface area contributed by atoms with Crippen LogP contribution in [0.1, 0.15) is 26.2 Å². The molecule has 0 atom stereocenters. The van der Waals surface area contributed by atoms with E-state index in [0.717, 1.165) is 39.0 Å². The fourth-order valence-corrected chi connectivity index (χ4v) is 2.13. The van der Waals surface area contributed by atoms with Crippen LogP contribution in [0.5, 0.6) is 0 Å². The Morgan fingerprint density at radius 1 is 1.35 bits per heavy atom. The molecule has 1 heterocycles. The second kappa shape index (κ2) is 7.67. The summed E-state index contributed by atoms with van der Waals surface area (Å²) in [5.74, 6) is 0.514. The zero-order valence-electron chi connectivity index (χ0n) is 11.4. The van der Waals surface area contributed by atoms with Gasteiger partial charge in [-0.1, -0.05) is 6.92 Å². The molecule has 1 aliphatic rings. The van der Waals surface area contributed by atoms with Gasteiger partial charge in [0.05, 0.1) is 6.61 Å². The van der Waals surface area contributed by atoms with E-state index in [2.05, 4.69) is 18.9 Å². The summed E-state index contributed by atoms with van der Waals surface area (Å²) in [6.45, 7) is 6.32. The van der Waals surface area contributed by atoms with E-state index in [-0.39, 0.29) is 11.8 Å². The third-order valence-corrected chi connectivity index (χ3v) is 3.36. The van der Waals surface area contributed by atoms with Gasteiger partial charge in [-0.3, -0.25) is 4.79 Å². The monoisotopic (exact) mass is 242 g/mol. The summed E-state index contributed by atoms with van der Waals surface area (Å²) in [6.07, 6.45) is 3.03. The van der Waals surface area contributed by atoms with Crippen LogP contribution in [-0.2, 0) is 9.53 Å². The molecule has 4 heteroatoms. The van der Waals surface area contributed by atoms with Crippen molar-refractivity contribution in [3.8, 4) is 0 Å². The zero-order chi connectivity index (χ0) is 12.7. The molecule has 17 heavy (non-hydrogen) atoms. The number of hydrogen-bond acceptors (Lipinski definition) is 3. The number of likely N-dealkylation sites (tertiary alicyclic amines) is 1. The molecular weight excluding hydrogens is 216 g/mol. The van der Waals surface area contributed by atoms with Crippen LogP contribution < -0.4 is 0 Å². The minimum absolute atomic E-state index is 0.224. The number of hydrogen-bond donors (Lipinski definition) is 0. The van der Waals surface area contributed by atoms with Crippen molar-refractivity contribution in [2.75, 3.05) is 46.9 Å². The van der Waals surface area contributed by atoms with Crippen molar-refractivity contribution >= 4 is 5.91 Å². The second-order valence-electron chi connectivity index (χ2n) is 4.95. The van der Waals surface area contributed by atoms with Gasteiger partial charge in [-0.25, -0.2) is 0 Å². The second-order valence-corrected chi connectivity index (χ2v) is 4.95. The number of carbonyl (C=O) groups is 1. The van der Waals surface area contributed by atoms with Gasteiger partial charge in [-0.2, -0.15) is 0 Å². The minimum atomic E-state index is 0.224. The highest BCUT2D eigenvalue weighted by molar-refractivity contribution is 5.78. The molecular formula is C13H26N2O2. The molecule has 0 aromatic heterocycles. The third-order valence-electron chi connectivity index (χ3n) is 3.36. The first-order valence-corrected chi connectivity index (χ1v) is 6.66. The van der Waals surface area contributed by atoms with Gasteiger partial charge in [-0.15, -0.1) is 0 Å². The summed E-state index contributed by atoms with van der Waals surface area (Å²) >= 11 is 0. The van der Waals surface area contributed by atoms with Crippen molar-refractivity contribution < 1.29 is 9.53 Å². The van der Waals surface area contributed by atoms with E-state index in [0.29, 0.717) is 13.2 Å². The van der Waals surface area contributed by atoms with Crippen molar-refractivity contribution in [1.29, 1.82) is 0 Å². The van der Waals surface area contributed by atoms with Crippen molar-refractivity contribution in [2.24, 2.45) is 5.92 Å². The summed E-state index contributed by atoms with van der Waals surface area (Å²) in [5.41, 5.74) is 0. The standard InChI is InChI=1S/C13H26N2O2/c1-4-10-17-11-9-15(3)13(16)12-5-7-14(2)8-6-12/h12H,4-11H2,1-3H3. The van der Waals surface area contributed by atoms with Crippen LogP contribution >= 0.6 is 0 Å². The molecule has 0 aliphatic carbocycles. The molecule has 0 unspecified atom stereocenters. The van der Waals surface area contributed by atoms with Crippen LogP contribution in [0.2, 0.25) is 0 Å². The summed E-state index contributed by atoms with van der Waals surface area (Å²) in [5, 5.41) is 0. The molecule has 0 N–H and O–H groups in total. The molecule has 1 aliphatic heterocycles. The summed E-state index contributed by atoms with van der Waals surface area (Å²) < 4.78 is 5.41. The Morgan fingerprint density at radius 2 is 2.00 bits per heavy atom. The predicted octanol–water partition coefficient (Wildman–Crippen LogP) is 1.21. The van der Waals surface area contributed by atoms with Crippen LogP contribution in [0.4, 0.5) is 0 Å². The zero-order valence-corrected chi connectivity index (χ0v) is 11.4. The number of rotatable bonds is 6. The number of piperidine rings is 1. The van der Waals surface area contributed by atoms with Gasteiger partial charge in [-0.05, 0) is 39.4 Å². The van der Waals surface area contributed by atoms with Crippen molar-refractivity contribution in [1.82, 2.24) is 9.80 Å². The van der Waals surface area contributed by atoms with E-state index in [1.165, 1.54) is 0 Å². The van der Waals surface area contributed by atoms with Gasteiger partial charge >= 0.3 is 0 Å². The maximum atomic E-state index is 12.1. The normalized spacial score (nSPS) is 18.3.